The summed E-state index contributed by atoms with van der Waals surface area (Å²) in [4.78, 5) is 34.9. The number of carbonyl (C=O) groups excluding carboxylic acids is 2. The topological polar surface area (TPSA) is 86.8 Å². The van der Waals surface area contributed by atoms with Gasteiger partial charge in [0.1, 0.15) is 16.4 Å². The largest absolute Gasteiger partial charge is 0.494 e. The minimum absolute atomic E-state index is 0.0137. The minimum Gasteiger partial charge on any atom is -0.494 e. The first-order valence-electron chi connectivity index (χ1n) is 11.8. The summed E-state index contributed by atoms with van der Waals surface area (Å²) in [5.74, 6) is 2.65. The Morgan fingerprint density at radius 1 is 1.13 bits per heavy atom. The monoisotopic (exact) mass is 607 g/mol. The lowest BCUT2D eigenvalue weighted by Gasteiger charge is -2.23. The van der Waals surface area contributed by atoms with Crippen molar-refractivity contribution in [3.63, 3.8) is 0 Å². The molecule has 0 fully saturated rings. The van der Waals surface area contributed by atoms with E-state index in [4.69, 9.17) is 39.5 Å². The molecule has 1 atom stereocenters. The molecule has 2 amide bonds. The van der Waals surface area contributed by atoms with Crippen molar-refractivity contribution in [2.45, 2.75) is 26.4 Å². The van der Waals surface area contributed by atoms with E-state index in [0.29, 0.717) is 21.5 Å². The molecule has 1 aromatic carbocycles. The quantitative estimate of drug-likeness (QED) is 0.218. The number of thiophene rings is 1. The molecule has 12 heteroatoms. The molecule has 0 spiro atoms. The van der Waals surface area contributed by atoms with Crippen LogP contribution in [0.4, 0.5) is 11.5 Å². The van der Waals surface area contributed by atoms with Crippen LogP contribution in [0, 0.1) is 12.0 Å². The molecule has 3 aromatic rings. The van der Waals surface area contributed by atoms with Crippen LogP contribution in [0.25, 0.3) is 0 Å². The number of nitrogens with one attached hydrogen (secondary N) is 2. The van der Waals surface area contributed by atoms with Gasteiger partial charge in [-0.05, 0) is 42.6 Å². The van der Waals surface area contributed by atoms with Crippen LogP contribution < -0.4 is 15.4 Å². The van der Waals surface area contributed by atoms with E-state index < -0.39 is 11.8 Å². The second kappa shape index (κ2) is 13.9. The summed E-state index contributed by atoms with van der Waals surface area (Å²) >= 11 is 20.0. The third-order valence-corrected chi connectivity index (χ3v) is 7.58. The fourth-order valence-corrected chi connectivity index (χ4v) is 5.11. The summed E-state index contributed by atoms with van der Waals surface area (Å²) < 4.78 is 5.42. The van der Waals surface area contributed by atoms with Crippen molar-refractivity contribution in [2.24, 2.45) is 0 Å². The molecule has 206 valence electrons. The average molecular weight is 609 g/mol. The highest BCUT2D eigenvalue weighted by atomic mass is 35.5. The molecule has 0 radical (unpaired) electrons. The Balaban J connectivity index is 1.86. The van der Waals surface area contributed by atoms with Gasteiger partial charge in [0.25, 0.3) is 11.8 Å². The van der Waals surface area contributed by atoms with E-state index in [-0.39, 0.29) is 33.9 Å². The number of ether oxygens (including phenoxy) is 1. The van der Waals surface area contributed by atoms with E-state index in [1.807, 2.05) is 33.3 Å². The maximum Gasteiger partial charge on any atom is 0.267 e. The average Bonchev–Trinajstić information content (AvgIpc) is 3.27. The highest BCUT2D eigenvalue weighted by Crippen LogP contribution is 2.35. The van der Waals surface area contributed by atoms with Crippen LogP contribution in [0.2, 0.25) is 15.1 Å². The smallest absolute Gasteiger partial charge is 0.267 e. The Labute approximate surface area is 247 Å². The van der Waals surface area contributed by atoms with Crippen LogP contribution in [-0.2, 0) is 6.54 Å². The van der Waals surface area contributed by atoms with Crippen LogP contribution in [0.15, 0.2) is 35.8 Å². The number of pyridine rings is 1. The number of hydrogen-bond acceptors (Lipinski definition) is 7. The Hall–Kier alpha value is -3.00. The fourth-order valence-electron chi connectivity index (χ4n) is 3.55. The molecule has 2 heterocycles. The number of amides is 2. The zero-order valence-corrected chi connectivity index (χ0v) is 25.1. The number of nitrogens with zero attached hydrogens (tertiary/aromatic N) is 3. The molecule has 0 saturated carbocycles. The number of carbonyl (C=O) groups is 2. The highest BCUT2D eigenvalue weighted by molar-refractivity contribution is 7.13. The van der Waals surface area contributed by atoms with Gasteiger partial charge in [-0.2, -0.15) is 0 Å². The van der Waals surface area contributed by atoms with Crippen molar-refractivity contribution in [1.82, 2.24) is 14.8 Å². The summed E-state index contributed by atoms with van der Waals surface area (Å²) in [5.41, 5.74) is 1.04. The van der Waals surface area contributed by atoms with Gasteiger partial charge in [-0.25, -0.2) is 4.98 Å². The predicted octanol–water partition coefficient (Wildman–Crippen LogP) is 6.35. The maximum atomic E-state index is 13.4. The molecule has 2 aromatic heterocycles. The van der Waals surface area contributed by atoms with Crippen LogP contribution in [0.3, 0.4) is 0 Å². The van der Waals surface area contributed by atoms with E-state index in [1.54, 1.807) is 17.0 Å². The van der Waals surface area contributed by atoms with Gasteiger partial charge in [-0.1, -0.05) is 47.6 Å². The summed E-state index contributed by atoms with van der Waals surface area (Å²) in [5, 5.41) is 8.33. The number of aromatic nitrogens is 1. The third kappa shape index (κ3) is 8.01. The number of benzene rings is 1. The lowest BCUT2D eigenvalue weighted by molar-refractivity contribution is 0.102. The van der Waals surface area contributed by atoms with Crippen molar-refractivity contribution < 1.29 is 14.3 Å². The van der Waals surface area contributed by atoms with E-state index in [9.17, 15) is 9.59 Å². The predicted molar refractivity (Wildman–Crippen MR) is 159 cm³/mol. The lowest BCUT2D eigenvalue weighted by atomic mass is 10.1. The Morgan fingerprint density at radius 3 is 2.49 bits per heavy atom. The van der Waals surface area contributed by atoms with E-state index >= 15 is 0 Å². The van der Waals surface area contributed by atoms with Gasteiger partial charge in [0.2, 0.25) is 0 Å². The number of hydrogen-bond donors (Lipinski definition) is 2. The highest BCUT2D eigenvalue weighted by Gasteiger charge is 2.24. The second-order valence-corrected chi connectivity index (χ2v) is 10.7. The molecule has 3 rings (SSSR count). The summed E-state index contributed by atoms with van der Waals surface area (Å²) in [6.45, 7) is 5.34. The second-order valence-electron chi connectivity index (χ2n) is 8.59. The normalized spacial score (nSPS) is 11.4. The number of methoxy groups -OCH3 is 1. The molecular weight excluding hydrogens is 581 g/mol. The van der Waals surface area contributed by atoms with E-state index in [2.05, 4.69) is 32.5 Å². The van der Waals surface area contributed by atoms with Gasteiger partial charge < -0.3 is 20.3 Å². The minimum atomic E-state index is -0.551. The number of anilines is 2. The van der Waals surface area contributed by atoms with Gasteiger partial charge in [-0.15, -0.1) is 11.3 Å². The van der Waals surface area contributed by atoms with Gasteiger partial charge in [0.15, 0.2) is 0 Å². The van der Waals surface area contributed by atoms with E-state index in [0.717, 1.165) is 12.1 Å². The molecule has 0 saturated heterocycles. The van der Waals surface area contributed by atoms with Crippen molar-refractivity contribution in [3.05, 3.63) is 66.9 Å². The van der Waals surface area contributed by atoms with E-state index in [1.165, 1.54) is 36.8 Å². The van der Waals surface area contributed by atoms with Gasteiger partial charge >= 0.3 is 0 Å². The third-order valence-electron chi connectivity index (χ3n) is 5.57. The van der Waals surface area contributed by atoms with Crippen LogP contribution in [0.1, 0.15) is 39.4 Å². The molecule has 0 aliphatic rings. The SMILES string of the molecule is CCN(Cc1csc(C(=O)Nc2c(OC)cc(Cl)cc2C(=O)Nc2ccc(Cl)cn2)c1Cl)C(C)C#CN(C)C. The molecule has 8 nitrogen and oxygen atoms in total. The van der Waals surface area contributed by atoms with Gasteiger partial charge in [0.05, 0.1) is 34.4 Å². The summed E-state index contributed by atoms with van der Waals surface area (Å²) in [6, 6.07) is 9.11. The van der Waals surface area contributed by atoms with Crippen LogP contribution in [0.5, 0.6) is 5.75 Å². The maximum absolute atomic E-state index is 13.4. The molecule has 2 N–H and O–H groups in total. The summed E-state index contributed by atoms with van der Waals surface area (Å²) in [7, 11) is 5.19. The zero-order chi connectivity index (χ0) is 28.7. The first-order valence-corrected chi connectivity index (χ1v) is 13.9. The molecule has 0 bridgehead atoms. The van der Waals surface area contributed by atoms with Crippen LogP contribution >= 0.6 is 46.1 Å². The van der Waals surface area contributed by atoms with Gasteiger partial charge in [0, 0.05) is 44.0 Å². The van der Waals surface area contributed by atoms with Crippen molar-refractivity contribution in [2.75, 3.05) is 38.4 Å². The zero-order valence-electron chi connectivity index (χ0n) is 22.1. The van der Waals surface area contributed by atoms with Crippen molar-refractivity contribution >= 4 is 69.5 Å². The van der Waals surface area contributed by atoms with Gasteiger partial charge in [-0.3, -0.25) is 14.5 Å². The first kappa shape index (κ1) is 30.5. The molecule has 1 unspecified atom stereocenters. The first-order chi connectivity index (χ1) is 18.5. The Morgan fingerprint density at radius 2 is 1.87 bits per heavy atom. The Bertz CT molecular complexity index is 1400. The van der Waals surface area contributed by atoms with Crippen LogP contribution in [-0.4, -0.2) is 60.4 Å². The summed E-state index contributed by atoms with van der Waals surface area (Å²) in [6.07, 6.45) is 1.41. The number of rotatable bonds is 9. The lowest BCUT2D eigenvalue weighted by Crippen LogP contribution is -2.31. The number of halogens is 3. The van der Waals surface area contributed by atoms with Crippen molar-refractivity contribution in [3.8, 4) is 17.7 Å². The molecule has 0 aliphatic heterocycles. The Kier molecular flexibility index (Phi) is 10.9. The molecular formula is C27H28Cl3N5O3S. The standard InChI is InChI=1S/C27H28Cl3N5O3S/c1-6-35(16(2)9-10-34(3)4)14-17-15-39-25(23(17)30)27(37)33-24-20(11-19(29)12-21(24)38-5)26(36)32-22-8-7-18(28)13-31-22/h7-8,11-13,15-16H,6,14H2,1-5H3,(H,33,37)(H,31,32,36). The molecule has 0 aliphatic carbocycles. The molecule has 39 heavy (non-hydrogen) atoms. The fraction of sp³-hybridized carbons (Fsp3) is 0.296. The van der Waals surface area contributed by atoms with Crippen molar-refractivity contribution in [1.29, 1.82) is 0 Å².